The summed E-state index contributed by atoms with van der Waals surface area (Å²) in [4.78, 5) is 17.8. The van der Waals surface area contributed by atoms with E-state index in [0.717, 1.165) is 38.8 Å². The number of carbonyl (C=O) groups is 1. The summed E-state index contributed by atoms with van der Waals surface area (Å²) in [5, 5.41) is 0. The maximum Gasteiger partial charge on any atom is 0.225 e. The topological polar surface area (TPSA) is 23.6 Å². The highest BCUT2D eigenvalue weighted by Gasteiger charge is 2.43. The van der Waals surface area contributed by atoms with Gasteiger partial charge in [-0.15, -0.1) is 0 Å². The second kappa shape index (κ2) is 7.49. The average molecular weight is 341 g/mol. The minimum atomic E-state index is 0.154. The molecule has 0 aromatic heterocycles. The maximum absolute atomic E-state index is 12.9. The van der Waals surface area contributed by atoms with Gasteiger partial charge >= 0.3 is 0 Å². The molecule has 136 valence electrons. The lowest BCUT2D eigenvalue weighted by atomic mass is 9.78. The van der Waals surface area contributed by atoms with Gasteiger partial charge in [-0.05, 0) is 57.2 Å². The van der Waals surface area contributed by atoms with Gasteiger partial charge < -0.3 is 4.90 Å². The first kappa shape index (κ1) is 17.1. The van der Waals surface area contributed by atoms with Crippen molar-refractivity contribution in [2.24, 2.45) is 5.92 Å². The van der Waals surface area contributed by atoms with Crippen molar-refractivity contribution in [1.82, 2.24) is 9.80 Å². The molecule has 3 heteroatoms. The zero-order chi connectivity index (χ0) is 17.1. The SMILES string of the molecule is O=C(C1CCCCC1)N1CCC(c2ccccc2)(N2CCCC2)CC1. The Balaban J connectivity index is 1.49. The van der Waals surface area contributed by atoms with Crippen LogP contribution >= 0.6 is 0 Å². The number of likely N-dealkylation sites (tertiary alicyclic amines) is 2. The molecule has 1 amide bonds. The summed E-state index contributed by atoms with van der Waals surface area (Å²) >= 11 is 0. The number of amides is 1. The molecule has 0 bridgehead atoms. The van der Waals surface area contributed by atoms with Crippen LogP contribution < -0.4 is 0 Å². The van der Waals surface area contributed by atoms with E-state index in [1.165, 1.54) is 50.8 Å². The van der Waals surface area contributed by atoms with Gasteiger partial charge in [0.05, 0.1) is 0 Å². The van der Waals surface area contributed by atoms with Gasteiger partial charge in [0.1, 0.15) is 0 Å². The molecule has 1 aromatic carbocycles. The van der Waals surface area contributed by atoms with Crippen molar-refractivity contribution in [2.75, 3.05) is 26.2 Å². The fraction of sp³-hybridized carbons (Fsp3) is 0.682. The predicted molar refractivity (Wildman–Crippen MR) is 101 cm³/mol. The fourth-order valence-electron chi connectivity index (χ4n) is 5.39. The molecule has 3 fully saturated rings. The van der Waals surface area contributed by atoms with Gasteiger partial charge in [0.15, 0.2) is 0 Å². The van der Waals surface area contributed by atoms with E-state index in [1.54, 1.807) is 0 Å². The van der Waals surface area contributed by atoms with Crippen molar-refractivity contribution in [3.05, 3.63) is 35.9 Å². The number of rotatable bonds is 3. The molecule has 0 spiro atoms. The Morgan fingerprint density at radius 1 is 0.840 bits per heavy atom. The smallest absolute Gasteiger partial charge is 0.225 e. The molecule has 1 aliphatic carbocycles. The Labute approximate surface area is 152 Å². The Morgan fingerprint density at radius 2 is 1.48 bits per heavy atom. The Kier molecular flexibility index (Phi) is 5.12. The van der Waals surface area contributed by atoms with E-state index in [4.69, 9.17) is 0 Å². The van der Waals surface area contributed by atoms with E-state index >= 15 is 0 Å². The van der Waals surface area contributed by atoms with Crippen LogP contribution in [0.4, 0.5) is 0 Å². The van der Waals surface area contributed by atoms with Crippen LogP contribution in [0.3, 0.4) is 0 Å². The number of piperidine rings is 1. The molecule has 3 aliphatic rings. The Hall–Kier alpha value is -1.35. The van der Waals surface area contributed by atoms with Crippen molar-refractivity contribution in [3.63, 3.8) is 0 Å². The van der Waals surface area contributed by atoms with Crippen LogP contribution in [0, 0.1) is 5.92 Å². The maximum atomic E-state index is 12.9. The number of benzene rings is 1. The van der Waals surface area contributed by atoms with Gasteiger partial charge in [-0.2, -0.15) is 0 Å². The minimum Gasteiger partial charge on any atom is -0.342 e. The standard InChI is InChI=1S/C22H32N2O/c25-21(19-9-3-1-4-10-19)23-17-13-22(14-18-23,24-15-7-8-16-24)20-11-5-2-6-12-20/h2,5-6,11-12,19H,1,3-4,7-10,13-18H2. The molecule has 2 saturated heterocycles. The quantitative estimate of drug-likeness (QED) is 0.824. The second-order valence-electron chi connectivity index (χ2n) is 8.25. The van der Waals surface area contributed by atoms with E-state index in [2.05, 4.69) is 40.1 Å². The predicted octanol–water partition coefficient (Wildman–Crippen LogP) is 4.18. The van der Waals surface area contributed by atoms with E-state index in [1.807, 2.05) is 0 Å². The van der Waals surface area contributed by atoms with Crippen molar-refractivity contribution >= 4 is 5.91 Å². The molecule has 2 aliphatic heterocycles. The fourth-order valence-corrected chi connectivity index (χ4v) is 5.39. The zero-order valence-corrected chi connectivity index (χ0v) is 15.5. The number of hydrogen-bond donors (Lipinski definition) is 0. The highest BCUT2D eigenvalue weighted by molar-refractivity contribution is 5.79. The van der Waals surface area contributed by atoms with Gasteiger partial charge in [-0.1, -0.05) is 49.6 Å². The third-order valence-corrected chi connectivity index (χ3v) is 6.88. The molecular weight excluding hydrogens is 308 g/mol. The lowest BCUT2D eigenvalue weighted by molar-refractivity contribution is -0.139. The number of hydrogen-bond acceptors (Lipinski definition) is 2. The molecular formula is C22H32N2O. The van der Waals surface area contributed by atoms with Crippen molar-refractivity contribution in [2.45, 2.75) is 63.3 Å². The molecule has 2 heterocycles. The lowest BCUT2D eigenvalue weighted by Crippen LogP contribution is -2.54. The summed E-state index contributed by atoms with van der Waals surface area (Å²) in [6.07, 6.45) is 10.9. The van der Waals surface area contributed by atoms with E-state index in [-0.39, 0.29) is 5.54 Å². The third-order valence-electron chi connectivity index (χ3n) is 6.88. The molecule has 1 saturated carbocycles. The monoisotopic (exact) mass is 340 g/mol. The summed E-state index contributed by atoms with van der Waals surface area (Å²) in [6.45, 7) is 4.29. The van der Waals surface area contributed by atoms with Crippen molar-refractivity contribution in [1.29, 1.82) is 0 Å². The molecule has 0 radical (unpaired) electrons. The van der Waals surface area contributed by atoms with Gasteiger partial charge in [0.25, 0.3) is 0 Å². The van der Waals surface area contributed by atoms with Gasteiger partial charge in [0, 0.05) is 24.5 Å². The van der Waals surface area contributed by atoms with E-state index in [9.17, 15) is 4.79 Å². The van der Waals surface area contributed by atoms with Crippen LogP contribution in [0.1, 0.15) is 63.4 Å². The summed E-state index contributed by atoms with van der Waals surface area (Å²) < 4.78 is 0. The first-order valence-electron chi connectivity index (χ1n) is 10.4. The Bertz CT molecular complexity index is 565. The average Bonchev–Trinajstić information content (AvgIpc) is 3.24. The van der Waals surface area contributed by atoms with Gasteiger partial charge in [0.2, 0.25) is 5.91 Å². The molecule has 0 unspecified atom stereocenters. The van der Waals surface area contributed by atoms with E-state index in [0.29, 0.717) is 11.8 Å². The normalized spacial score (nSPS) is 25.2. The zero-order valence-electron chi connectivity index (χ0n) is 15.5. The molecule has 4 rings (SSSR count). The Morgan fingerprint density at radius 3 is 2.12 bits per heavy atom. The van der Waals surface area contributed by atoms with Gasteiger partial charge in [-0.25, -0.2) is 0 Å². The van der Waals surface area contributed by atoms with Crippen LogP contribution in [0.15, 0.2) is 30.3 Å². The summed E-state index contributed by atoms with van der Waals surface area (Å²) in [6, 6.07) is 11.1. The second-order valence-corrected chi connectivity index (χ2v) is 8.25. The molecule has 0 atom stereocenters. The first-order chi connectivity index (χ1) is 12.3. The highest BCUT2D eigenvalue weighted by Crippen LogP contribution is 2.41. The van der Waals surface area contributed by atoms with Crippen molar-refractivity contribution < 1.29 is 4.79 Å². The minimum absolute atomic E-state index is 0.154. The third kappa shape index (κ3) is 3.36. The summed E-state index contributed by atoms with van der Waals surface area (Å²) in [7, 11) is 0. The number of carbonyl (C=O) groups excluding carboxylic acids is 1. The summed E-state index contributed by atoms with van der Waals surface area (Å²) in [5.41, 5.74) is 1.61. The summed E-state index contributed by atoms with van der Waals surface area (Å²) in [5.74, 6) is 0.757. The van der Waals surface area contributed by atoms with Crippen LogP contribution in [-0.2, 0) is 10.3 Å². The van der Waals surface area contributed by atoms with Crippen molar-refractivity contribution in [3.8, 4) is 0 Å². The number of nitrogens with zero attached hydrogens (tertiary/aromatic N) is 2. The molecule has 1 aromatic rings. The largest absolute Gasteiger partial charge is 0.342 e. The van der Waals surface area contributed by atoms with Gasteiger partial charge in [-0.3, -0.25) is 9.69 Å². The van der Waals surface area contributed by atoms with Crippen LogP contribution in [0.25, 0.3) is 0 Å². The molecule has 0 N–H and O–H groups in total. The highest BCUT2D eigenvalue weighted by atomic mass is 16.2. The van der Waals surface area contributed by atoms with Crippen LogP contribution in [-0.4, -0.2) is 41.9 Å². The first-order valence-corrected chi connectivity index (χ1v) is 10.4. The molecule has 3 nitrogen and oxygen atoms in total. The van der Waals surface area contributed by atoms with E-state index < -0.39 is 0 Å². The lowest BCUT2D eigenvalue weighted by Gasteiger charge is -2.48. The van der Waals surface area contributed by atoms with Crippen LogP contribution in [0.2, 0.25) is 0 Å². The molecule has 25 heavy (non-hydrogen) atoms. The van der Waals surface area contributed by atoms with Crippen LogP contribution in [0.5, 0.6) is 0 Å².